The van der Waals surface area contributed by atoms with Gasteiger partial charge in [-0.05, 0) is 42.5 Å². The number of thiocarbonyl (C=S) groups is 1. The van der Waals surface area contributed by atoms with Gasteiger partial charge in [0.15, 0.2) is 10.9 Å². The number of carbonyl (C=O) groups is 1. The molecular formula is C19H17ClN4O4S. The van der Waals surface area contributed by atoms with Crippen molar-refractivity contribution in [1.29, 1.82) is 0 Å². The minimum Gasteiger partial charge on any atom is -0.495 e. The topological polar surface area (TPSA) is 97.7 Å². The molecule has 2 aromatic heterocycles. The number of pyridine rings is 1. The predicted octanol–water partition coefficient (Wildman–Crippen LogP) is 4.41. The summed E-state index contributed by atoms with van der Waals surface area (Å²) in [5, 5.41) is 9.36. The molecule has 0 atom stereocenters. The molecule has 0 aliphatic rings. The quantitative estimate of drug-likeness (QED) is 0.493. The molecule has 8 nitrogen and oxygen atoms in total. The number of amides is 1. The number of benzene rings is 1. The minimum atomic E-state index is -0.385. The number of aromatic nitrogens is 1. The standard InChI is InChI=1S/C19H17ClN4O4S/c1-26-15-9-16(27-2)13(8-12(15)20)23-19(29)22-11-5-6-17(21-10-11)24-18(25)14-4-3-7-28-14/h3-10H,1-2H3,(H,21,24,25)(H2,22,23,29). The number of nitrogens with zero attached hydrogens (tertiary/aromatic N) is 1. The Kier molecular flexibility index (Phi) is 6.53. The van der Waals surface area contributed by atoms with Crippen molar-refractivity contribution in [1.82, 2.24) is 4.98 Å². The lowest BCUT2D eigenvalue weighted by molar-refractivity contribution is 0.0996. The smallest absolute Gasteiger partial charge is 0.292 e. The third kappa shape index (κ3) is 5.15. The van der Waals surface area contributed by atoms with Gasteiger partial charge in [-0.25, -0.2) is 4.98 Å². The van der Waals surface area contributed by atoms with E-state index in [2.05, 4.69) is 20.9 Å². The van der Waals surface area contributed by atoms with Gasteiger partial charge in [0.05, 0.1) is 43.1 Å². The fourth-order valence-electron chi connectivity index (χ4n) is 2.37. The largest absolute Gasteiger partial charge is 0.495 e. The zero-order chi connectivity index (χ0) is 20.8. The number of hydrogen-bond acceptors (Lipinski definition) is 6. The molecule has 1 aromatic carbocycles. The zero-order valence-corrected chi connectivity index (χ0v) is 17.1. The first kappa shape index (κ1) is 20.4. The number of methoxy groups -OCH3 is 2. The van der Waals surface area contributed by atoms with Crippen LogP contribution in [0.15, 0.2) is 53.3 Å². The van der Waals surface area contributed by atoms with E-state index in [4.69, 9.17) is 37.7 Å². The second-order valence-corrected chi connectivity index (χ2v) is 6.45. The molecule has 0 saturated carbocycles. The lowest BCUT2D eigenvalue weighted by Crippen LogP contribution is -2.20. The van der Waals surface area contributed by atoms with E-state index in [1.807, 2.05) is 0 Å². The summed E-state index contributed by atoms with van der Waals surface area (Å²) in [6.45, 7) is 0. The Morgan fingerprint density at radius 3 is 2.52 bits per heavy atom. The van der Waals surface area contributed by atoms with Crippen LogP contribution in [0.4, 0.5) is 17.2 Å². The summed E-state index contributed by atoms with van der Waals surface area (Å²) in [4.78, 5) is 16.1. The normalized spacial score (nSPS) is 10.2. The van der Waals surface area contributed by atoms with Crippen molar-refractivity contribution in [3.8, 4) is 11.5 Å². The van der Waals surface area contributed by atoms with Gasteiger partial charge >= 0.3 is 0 Å². The van der Waals surface area contributed by atoms with Crippen LogP contribution in [-0.2, 0) is 0 Å². The van der Waals surface area contributed by atoms with E-state index in [-0.39, 0.29) is 11.7 Å². The molecule has 0 bridgehead atoms. The summed E-state index contributed by atoms with van der Waals surface area (Å²) in [7, 11) is 3.05. The molecule has 3 rings (SSSR count). The van der Waals surface area contributed by atoms with E-state index >= 15 is 0 Å². The Labute approximate surface area is 177 Å². The first-order valence-electron chi connectivity index (χ1n) is 8.30. The van der Waals surface area contributed by atoms with Gasteiger partial charge in [0.2, 0.25) is 0 Å². The van der Waals surface area contributed by atoms with Crippen molar-refractivity contribution in [2.45, 2.75) is 0 Å². The summed E-state index contributed by atoms with van der Waals surface area (Å²) < 4.78 is 15.5. The minimum absolute atomic E-state index is 0.200. The number of rotatable bonds is 6. The Morgan fingerprint density at radius 1 is 1.10 bits per heavy atom. The van der Waals surface area contributed by atoms with E-state index in [0.717, 1.165) is 0 Å². The van der Waals surface area contributed by atoms with Gasteiger partial charge in [0.1, 0.15) is 17.3 Å². The van der Waals surface area contributed by atoms with Crippen molar-refractivity contribution in [2.24, 2.45) is 0 Å². The number of ether oxygens (including phenoxy) is 2. The number of hydrogen-bond donors (Lipinski definition) is 3. The van der Waals surface area contributed by atoms with Crippen LogP contribution in [0.3, 0.4) is 0 Å². The molecule has 0 radical (unpaired) electrons. The lowest BCUT2D eigenvalue weighted by atomic mass is 10.2. The van der Waals surface area contributed by atoms with Crippen LogP contribution in [0.2, 0.25) is 5.02 Å². The second-order valence-electron chi connectivity index (χ2n) is 5.63. The highest BCUT2D eigenvalue weighted by atomic mass is 35.5. The van der Waals surface area contributed by atoms with Crippen LogP contribution in [0.1, 0.15) is 10.6 Å². The van der Waals surface area contributed by atoms with Crippen molar-refractivity contribution in [3.05, 3.63) is 59.6 Å². The molecule has 0 fully saturated rings. The van der Waals surface area contributed by atoms with Crippen LogP contribution in [0.25, 0.3) is 0 Å². The Hall–Kier alpha value is -3.30. The molecule has 0 spiro atoms. The number of furan rings is 1. The third-order valence-electron chi connectivity index (χ3n) is 3.73. The Bertz CT molecular complexity index is 1010. The monoisotopic (exact) mass is 432 g/mol. The maximum absolute atomic E-state index is 12.0. The fourth-order valence-corrected chi connectivity index (χ4v) is 2.84. The Balaban J connectivity index is 1.62. The molecule has 0 aliphatic carbocycles. The summed E-state index contributed by atoms with van der Waals surface area (Å²) >= 11 is 11.5. The van der Waals surface area contributed by atoms with Crippen molar-refractivity contribution in [2.75, 3.05) is 30.2 Å². The van der Waals surface area contributed by atoms with Gasteiger partial charge in [-0.3, -0.25) is 4.79 Å². The molecular weight excluding hydrogens is 416 g/mol. The first-order valence-corrected chi connectivity index (χ1v) is 9.09. The highest BCUT2D eigenvalue weighted by Gasteiger charge is 2.12. The van der Waals surface area contributed by atoms with Crippen molar-refractivity contribution < 1.29 is 18.7 Å². The van der Waals surface area contributed by atoms with Gasteiger partial charge in [-0.1, -0.05) is 11.6 Å². The first-order chi connectivity index (χ1) is 14.0. The molecule has 3 aromatic rings. The molecule has 0 saturated heterocycles. The van der Waals surface area contributed by atoms with Crippen LogP contribution in [0, 0.1) is 0 Å². The highest BCUT2D eigenvalue weighted by molar-refractivity contribution is 7.80. The van der Waals surface area contributed by atoms with Crippen LogP contribution in [0.5, 0.6) is 11.5 Å². The highest BCUT2D eigenvalue weighted by Crippen LogP contribution is 2.35. The van der Waals surface area contributed by atoms with Gasteiger partial charge in [0.25, 0.3) is 5.91 Å². The van der Waals surface area contributed by atoms with Gasteiger partial charge in [0, 0.05) is 6.07 Å². The molecule has 3 N–H and O–H groups in total. The molecule has 150 valence electrons. The van der Waals surface area contributed by atoms with Crippen molar-refractivity contribution in [3.63, 3.8) is 0 Å². The summed E-state index contributed by atoms with van der Waals surface area (Å²) in [6, 6.07) is 9.86. The zero-order valence-electron chi connectivity index (χ0n) is 15.5. The lowest BCUT2D eigenvalue weighted by Gasteiger charge is -2.15. The maximum atomic E-state index is 12.0. The fraction of sp³-hybridized carbons (Fsp3) is 0.105. The second kappa shape index (κ2) is 9.26. The number of halogens is 1. The molecule has 29 heavy (non-hydrogen) atoms. The average molecular weight is 433 g/mol. The van der Waals surface area contributed by atoms with Gasteiger partial charge in [-0.15, -0.1) is 0 Å². The third-order valence-corrected chi connectivity index (χ3v) is 4.23. The summed E-state index contributed by atoms with van der Waals surface area (Å²) in [5.74, 6) is 1.20. The summed E-state index contributed by atoms with van der Waals surface area (Å²) in [6.07, 6.45) is 2.96. The predicted molar refractivity (Wildman–Crippen MR) is 115 cm³/mol. The van der Waals surface area contributed by atoms with Gasteiger partial charge < -0.3 is 29.8 Å². The number of nitrogens with one attached hydrogen (secondary N) is 3. The van der Waals surface area contributed by atoms with E-state index in [1.54, 1.807) is 36.4 Å². The van der Waals surface area contributed by atoms with Crippen LogP contribution < -0.4 is 25.4 Å². The molecule has 1 amide bonds. The van der Waals surface area contributed by atoms with E-state index in [1.165, 1.54) is 26.7 Å². The number of carbonyl (C=O) groups excluding carboxylic acids is 1. The number of anilines is 3. The average Bonchev–Trinajstić information content (AvgIpc) is 3.25. The van der Waals surface area contributed by atoms with Crippen LogP contribution >= 0.6 is 23.8 Å². The van der Waals surface area contributed by atoms with E-state index in [0.29, 0.717) is 38.8 Å². The molecule has 0 aliphatic heterocycles. The SMILES string of the molecule is COc1cc(OC)c(NC(=S)Nc2ccc(NC(=O)c3ccco3)nc2)cc1Cl. The van der Waals surface area contributed by atoms with Crippen LogP contribution in [-0.4, -0.2) is 30.2 Å². The van der Waals surface area contributed by atoms with E-state index < -0.39 is 0 Å². The van der Waals surface area contributed by atoms with Gasteiger partial charge in [-0.2, -0.15) is 0 Å². The van der Waals surface area contributed by atoms with Crippen molar-refractivity contribution >= 4 is 52.0 Å². The molecule has 10 heteroatoms. The molecule has 0 unspecified atom stereocenters. The maximum Gasteiger partial charge on any atom is 0.292 e. The summed E-state index contributed by atoms with van der Waals surface area (Å²) in [5.41, 5.74) is 1.20. The molecule has 2 heterocycles. The Morgan fingerprint density at radius 2 is 1.90 bits per heavy atom. The van der Waals surface area contributed by atoms with E-state index in [9.17, 15) is 4.79 Å².